The van der Waals surface area contributed by atoms with Gasteiger partial charge in [-0.1, -0.05) is 23.8 Å². The van der Waals surface area contributed by atoms with Gasteiger partial charge >= 0.3 is 0 Å². The first-order valence-electron chi connectivity index (χ1n) is 8.02. The lowest BCUT2D eigenvalue weighted by Crippen LogP contribution is -2.47. The van der Waals surface area contributed by atoms with Crippen LogP contribution in [0.5, 0.6) is 0 Å². The van der Waals surface area contributed by atoms with Crippen molar-refractivity contribution in [2.24, 2.45) is 0 Å². The minimum Gasteiger partial charge on any atom is -0.355 e. The van der Waals surface area contributed by atoms with Crippen molar-refractivity contribution < 1.29 is 4.79 Å². The summed E-state index contributed by atoms with van der Waals surface area (Å²) in [5.74, 6) is 0.158. The summed E-state index contributed by atoms with van der Waals surface area (Å²) in [6.45, 7) is 2.46. The number of rotatable bonds is 5. The monoisotopic (exact) mass is 301 g/mol. The van der Waals surface area contributed by atoms with E-state index in [1.807, 2.05) is 36.0 Å². The fourth-order valence-electron chi connectivity index (χ4n) is 3.05. The third kappa shape index (κ3) is 3.27. The Hall–Kier alpha value is -1.95. The molecule has 1 aliphatic heterocycles. The number of hydrogen-bond donors (Lipinski definition) is 1. The summed E-state index contributed by atoms with van der Waals surface area (Å²) in [5.41, 5.74) is 1.95. The van der Waals surface area contributed by atoms with Crippen LogP contribution in [0.15, 0.2) is 24.3 Å². The zero-order valence-electron chi connectivity index (χ0n) is 13.0. The third-order valence-electron chi connectivity index (χ3n) is 4.34. The number of nitrogens with zero attached hydrogens (tertiary/aromatic N) is 4. The molecular formula is C16H23N5O. The summed E-state index contributed by atoms with van der Waals surface area (Å²) in [6.07, 6.45) is 4.17. The number of amides is 1. The summed E-state index contributed by atoms with van der Waals surface area (Å²) >= 11 is 0. The molecule has 1 saturated heterocycles. The van der Waals surface area contributed by atoms with Crippen molar-refractivity contribution in [3.05, 3.63) is 24.3 Å². The molecule has 2 heterocycles. The largest absolute Gasteiger partial charge is 0.355 e. The molecule has 22 heavy (non-hydrogen) atoms. The molecule has 0 aliphatic carbocycles. The van der Waals surface area contributed by atoms with E-state index in [0.717, 1.165) is 43.4 Å². The number of piperidine rings is 1. The average Bonchev–Trinajstić information content (AvgIpc) is 2.95. The molecule has 1 fully saturated rings. The molecule has 0 radical (unpaired) electrons. The average molecular weight is 301 g/mol. The lowest BCUT2D eigenvalue weighted by Gasteiger charge is -2.31. The predicted octanol–water partition coefficient (Wildman–Crippen LogP) is 1.42. The van der Waals surface area contributed by atoms with Gasteiger partial charge in [0.2, 0.25) is 5.91 Å². The lowest BCUT2D eigenvalue weighted by atomic mass is 10.0. The zero-order valence-corrected chi connectivity index (χ0v) is 13.0. The molecule has 6 nitrogen and oxygen atoms in total. The van der Waals surface area contributed by atoms with Crippen LogP contribution in [-0.4, -0.2) is 52.0 Å². The predicted molar refractivity (Wildman–Crippen MR) is 85.4 cm³/mol. The van der Waals surface area contributed by atoms with Gasteiger partial charge in [0.25, 0.3) is 0 Å². The van der Waals surface area contributed by atoms with Crippen LogP contribution in [-0.2, 0) is 11.3 Å². The molecule has 0 spiro atoms. The molecule has 2 aromatic rings. The second-order valence-corrected chi connectivity index (χ2v) is 5.94. The Morgan fingerprint density at radius 3 is 3.09 bits per heavy atom. The van der Waals surface area contributed by atoms with Crippen molar-refractivity contribution in [1.29, 1.82) is 0 Å². The number of hydrogen-bond acceptors (Lipinski definition) is 4. The van der Waals surface area contributed by atoms with Crippen LogP contribution in [0.4, 0.5) is 0 Å². The summed E-state index contributed by atoms with van der Waals surface area (Å²) in [5, 5.41) is 11.3. The van der Waals surface area contributed by atoms with E-state index in [-0.39, 0.29) is 11.9 Å². The first-order chi connectivity index (χ1) is 10.8. The standard InChI is InChI=1S/C16H23N5O/c1-20-11-5-4-9-15(20)16(22)17-10-6-12-21-14-8-3-2-7-13(14)18-19-21/h2-3,7-8,15H,4-6,9-12H2,1H3,(H,17,22). The van der Waals surface area contributed by atoms with Crippen LogP contribution < -0.4 is 5.32 Å². The third-order valence-corrected chi connectivity index (χ3v) is 4.34. The van der Waals surface area contributed by atoms with Crippen LogP contribution in [0, 0.1) is 0 Å². The highest BCUT2D eigenvalue weighted by molar-refractivity contribution is 5.81. The Labute approximate surface area is 130 Å². The number of fused-ring (bicyclic) bond motifs is 1. The van der Waals surface area contributed by atoms with E-state index in [9.17, 15) is 4.79 Å². The Morgan fingerprint density at radius 1 is 1.36 bits per heavy atom. The van der Waals surface area contributed by atoms with Gasteiger partial charge in [0.05, 0.1) is 11.6 Å². The maximum atomic E-state index is 12.2. The quantitative estimate of drug-likeness (QED) is 0.849. The van der Waals surface area contributed by atoms with Crippen LogP contribution >= 0.6 is 0 Å². The van der Waals surface area contributed by atoms with Crippen LogP contribution in [0.1, 0.15) is 25.7 Å². The first-order valence-corrected chi connectivity index (χ1v) is 8.02. The number of carbonyl (C=O) groups is 1. The Kier molecular flexibility index (Phi) is 4.68. The number of likely N-dealkylation sites (N-methyl/N-ethyl adjacent to an activating group) is 1. The van der Waals surface area contributed by atoms with E-state index < -0.39 is 0 Å². The topological polar surface area (TPSA) is 63.1 Å². The van der Waals surface area contributed by atoms with E-state index in [1.54, 1.807) is 0 Å². The second kappa shape index (κ2) is 6.87. The summed E-state index contributed by atoms with van der Waals surface area (Å²) in [7, 11) is 2.03. The van der Waals surface area contributed by atoms with Gasteiger partial charge in [-0.15, -0.1) is 5.10 Å². The SMILES string of the molecule is CN1CCCCC1C(=O)NCCCn1nnc2ccccc21. The molecule has 1 aromatic heterocycles. The van der Waals surface area contributed by atoms with Crippen molar-refractivity contribution in [1.82, 2.24) is 25.2 Å². The molecule has 1 atom stereocenters. The molecule has 6 heteroatoms. The maximum absolute atomic E-state index is 12.2. The van der Waals surface area contributed by atoms with Gasteiger partial charge in [-0.25, -0.2) is 4.68 Å². The summed E-state index contributed by atoms with van der Waals surface area (Å²) < 4.78 is 1.90. The minimum atomic E-state index is 0.0425. The van der Waals surface area contributed by atoms with Gasteiger partial charge in [0, 0.05) is 13.1 Å². The number of benzene rings is 1. The van der Waals surface area contributed by atoms with E-state index >= 15 is 0 Å². The van der Waals surface area contributed by atoms with Gasteiger partial charge in [-0.3, -0.25) is 9.69 Å². The Balaban J connectivity index is 1.46. The van der Waals surface area contributed by atoms with Gasteiger partial charge in [-0.2, -0.15) is 0 Å². The van der Waals surface area contributed by atoms with E-state index in [0.29, 0.717) is 6.54 Å². The van der Waals surface area contributed by atoms with Gasteiger partial charge < -0.3 is 5.32 Å². The van der Waals surface area contributed by atoms with Gasteiger partial charge in [-0.05, 0) is 45.0 Å². The Morgan fingerprint density at radius 2 is 2.23 bits per heavy atom. The number of likely N-dealkylation sites (tertiary alicyclic amines) is 1. The summed E-state index contributed by atoms with van der Waals surface area (Å²) in [4.78, 5) is 14.4. The number of para-hydroxylation sites is 1. The number of aromatic nitrogens is 3. The smallest absolute Gasteiger partial charge is 0.237 e. The van der Waals surface area contributed by atoms with Crippen LogP contribution in [0.25, 0.3) is 11.0 Å². The lowest BCUT2D eigenvalue weighted by molar-refractivity contribution is -0.127. The molecule has 1 unspecified atom stereocenters. The van der Waals surface area contributed by atoms with E-state index in [4.69, 9.17) is 0 Å². The first kappa shape index (κ1) is 15.0. The van der Waals surface area contributed by atoms with Crippen molar-refractivity contribution in [3.8, 4) is 0 Å². The molecule has 3 rings (SSSR count). The maximum Gasteiger partial charge on any atom is 0.237 e. The second-order valence-electron chi connectivity index (χ2n) is 5.94. The molecular weight excluding hydrogens is 278 g/mol. The normalized spacial score (nSPS) is 19.4. The highest BCUT2D eigenvalue weighted by atomic mass is 16.2. The molecule has 1 amide bonds. The zero-order chi connectivity index (χ0) is 15.4. The Bertz CT molecular complexity index is 638. The number of nitrogens with one attached hydrogen (secondary N) is 1. The fourth-order valence-corrected chi connectivity index (χ4v) is 3.05. The highest BCUT2D eigenvalue weighted by Crippen LogP contribution is 2.15. The van der Waals surface area contributed by atoms with Crippen molar-refractivity contribution in [3.63, 3.8) is 0 Å². The molecule has 1 aliphatic rings. The van der Waals surface area contributed by atoms with Crippen LogP contribution in [0.3, 0.4) is 0 Å². The molecule has 118 valence electrons. The van der Waals surface area contributed by atoms with Crippen LogP contribution in [0.2, 0.25) is 0 Å². The fraction of sp³-hybridized carbons (Fsp3) is 0.562. The minimum absolute atomic E-state index is 0.0425. The summed E-state index contributed by atoms with van der Waals surface area (Å²) in [6, 6.07) is 7.97. The van der Waals surface area contributed by atoms with Crippen molar-refractivity contribution in [2.45, 2.75) is 38.3 Å². The molecule has 1 N–H and O–H groups in total. The van der Waals surface area contributed by atoms with Crippen molar-refractivity contribution in [2.75, 3.05) is 20.1 Å². The number of carbonyl (C=O) groups excluding carboxylic acids is 1. The molecule has 1 aromatic carbocycles. The number of aryl methyl sites for hydroxylation is 1. The van der Waals surface area contributed by atoms with Gasteiger partial charge in [0.15, 0.2) is 0 Å². The molecule has 0 bridgehead atoms. The van der Waals surface area contributed by atoms with E-state index in [2.05, 4.69) is 20.5 Å². The van der Waals surface area contributed by atoms with Crippen molar-refractivity contribution >= 4 is 16.9 Å². The molecule has 0 saturated carbocycles. The van der Waals surface area contributed by atoms with E-state index in [1.165, 1.54) is 6.42 Å². The van der Waals surface area contributed by atoms with Gasteiger partial charge in [0.1, 0.15) is 5.52 Å². The highest BCUT2D eigenvalue weighted by Gasteiger charge is 2.25.